The Balaban J connectivity index is 1.87. The lowest BCUT2D eigenvalue weighted by Gasteiger charge is -2.22. The lowest BCUT2D eigenvalue weighted by Crippen LogP contribution is -2.41. The number of ether oxygens (including phenoxy) is 1. The zero-order chi connectivity index (χ0) is 20.1. The van der Waals surface area contributed by atoms with Gasteiger partial charge in [0.2, 0.25) is 15.9 Å². The second-order valence-electron chi connectivity index (χ2n) is 6.96. The topological polar surface area (TPSA) is 75.7 Å². The standard InChI is InChI=1S/C21H26N2O4S/c1-3-27-20-12-11-19(13-16(20)2)28(25,26)23(14-17-7-5-4-6-8-17)15-21(24)22-18-9-10-18/h4-8,11-13,18H,3,9-10,14-15H2,1-2H3,(H,22,24). The van der Waals surface area contributed by atoms with Gasteiger partial charge in [-0.05, 0) is 56.0 Å². The molecule has 1 N–H and O–H groups in total. The molecular formula is C21H26N2O4S. The fraction of sp³-hybridized carbons (Fsp3) is 0.381. The average molecular weight is 403 g/mol. The highest BCUT2D eigenvalue weighted by molar-refractivity contribution is 7.89. The molecule has 0 unspecified atom stereocenters. The Hall–Kier alpha value is -2.38. The van der Waals surface area contributed by atoms with E-state index in [2.05, 4.69) is 5.32 Å². The second kappa shape index (κ2) is 8.75. The van der Waals surface area contributed by atoms with Gasteiger partial charge in [-0.2, -0.15) is 4.31 Å². The third-order valence-electron chi connectivity index (χ3n) is 4.55. The van der Waals surface area contributed by atoms with Crippen molar-refractivity contribution in [2.24, 2.45) is 0 Å². The third kappa shape index (κ3) is 5.11. The predicted molar refractivity (Wildman–Crippen MR) is 108 cm³/mol. The van der Waals surface area contributed by atoms with Crippen LogP contribution in [0, 0.1) is 6.92 Å². The highest BCUT2D eigenvalue weighted by Gasteiger charge is 2.30. The summed E-state index contributed by atoms with van der Waals surface area (Å²) in [5.74, 6) is 0.382. The summed E-state index contributed by atoms with van der Waals surface area (Å²) < 4.78 is 33.3. The predicted octanol–water partition coefficient (Wildman–Crippen LogP) is 2.86. The Bertz CT molecular complexity index is 925. The molecule has 1 amide bonds. The van der Waals surface area contributed by atoms with Crippen LogP contribution in [0.1, 0.15) is 30.9 Å². The molecule has 0 aliphatic heterocycles. The number of sulfonamides is 1. The van der Waals surface area contributed by atoms with E-state index in [9.17, 15) is 13.2 Å². The molecule has 2 aromatic rings. The van der Waals surface area contributed by atoms with Gasteiger partial charge in [0.15, 0.2) is 0 Å². The van der Waals surface area contributed by atoms with Gasteiger partial charge in [-0.3, -0.25) is 4.79 Å². The number of nitrogens with one attached hydrogen (secondary N) is 1. The van der Waals surface area contributed by atoms with Gasteiger partial charge < -0.3 is 10.1 Å². The van der Waals surface area contributed by atoms with Crippen LogP contribution in [-0.2, 0) is 21.4 Å². The van der Waals surface area contributed by atoms with E-state index < -0.39 is 10.0 Å². The molecule has 1 aliphatic rings. The molecule has 0 spiro atoms. The first-order valence-electron chi connectivity index (χ1n) is 9.47. The van der Waals surface area contributed by atoms with E-state index in [-0.39, 0.29) is 29.9 Å². The van der Waals surface area contributed by atoms with Gasteiger partial charge in [0.05, 0.1) is 18.0 Å². The fourth-order valence-electron chi connectivity index (χ4n) is 2.92. The van der Waals surface area contributed by atoms with Crippen molar-refractivity contribution in [3.05, 3.63) is 59.7 Å². The Kier molecular flexibility index (Phi) is 6.36. The molecule has 0 heterocycles. The van der Waals surface area contributed by atoms with Gasteiger partial charge in [-0.1, -0.05) is 30.3 Å². The molecule has 0 atom stereocenters. The van der Waals surface area contributed by atoms with Gasteiger partial charge >= 0.3 is 0 Å². The Morgan fingerprint density at radius 2 is 1.89 bits per heavy atom. The van der Waals surface area contributed by atoms with Crippen molar-refractivity contribution in [1.82, 2.24) is 9.62 Å². The minimum atomic E-state index is -3.85. The van der Waals surface area contributed by atoms with Crippen LogP contribution in [-0.4, -0.2) is 37.8 Å². The summed E-state index contributed by atoms with van der Waals surface area (Å²) in [6.07, 6.45) is 1.91. The van der Waals surface area contributed by atoms with Crippen LogP contribution in [0.15, 0.2) is 53.4 Å². The number of amides is 1. The number of nitrogens with zero attached hydrogens (tertiary/aromatic N) is 1. The van der Waals surface area contributed by atoms with Crippen LogP contribution in [0.5, 0.6) is 5.75 Å². The SMILES string of the molecule is CCOc1ccc(S(=O)(=O)N(CC(=O)NC2CC2)Cc2ccccc2)cc1C. The van der Waals surface area contributed by atoms with E-state index in [4.69, 9.17) is 4.74 Å². The molecule has 6 nitrogen and oxygen atoms in total. The van der Waals surface area contributed by atoms with Crippen molar-refractivity contribution in [1.29, 1.82) is 0 Å². The number of benzene rings is 2. The number of carbonyl (C=O) groups is 1. The summed E-state index contributed by atoms with van der Waals surface area (Å²) in [6.45, 7) is 4.12. The maximum Gasteiger partial charge on any atom is 0.243 e. The molecule has 0 saturated heterocycles. The van der Waals surface area contributed by atoms with E-state index in [0.717, 1.165) is 24.0 Å². The zero-order valence-electron chi connectivity index (χ0n) is 16.2. The Morgan fingerprint density at radius 3 is 2.50 bits per heavy atom. The second-order valence-corrected chi connectivity index (χ2v) is 8.90. The van der Waals surface area contributed by atoms with Crippen LogP contribution < -0.4 is 10.1 Å². The molecule has 1 fully saturated rings. The third-order valence-corrected chi connectivity index (χ3v) is 6.34. The molecule has 7 heteroatoms. The largest absolute Gasteiger partial charge is 0.494 e. The first-order chi connectivity index (χ1) is 13.4. The van der Waals surface area contributed by atoms with Crippen LogP contribution in [0.4, 0.5) is 0 Å². The lowest BCUT2D eigenvalue weighted by molar-refractivity contribution is -0.121. The van der Waals surface area contributed by atoms with Crippen molar-refractivity contribution in [2.45, 2.75) is 44.2 Å². The smallest absolute Gasteiger partial charge is 0.243 e. The Labute approximate surface area is 166 Å². The van der Waals surface area contributed by atoms with Crippen LogP contribution in [0.2, 0.25) is 0 Å². The summed E-state index contributed by atoms with van der Waals surface area (Å²) >= 11 is 0. The fourth-order valence-corrected chi connectivity index (χ4v) is 4.39. The van der Waals surface area contributed by atoms with Crippen molar-refractivity contribution in [3.8, 4) is 5.75 Å². The number of carbonyl (C=O) groups excluding carboxylic acids is 1. The van der Waals surface area contributed by atoms with Crippen molar-refractivity contribution in [3.63, 3.8) is 0 Å². The molecule has 1 aliphatic carbocycles. The summed E-state index contributed by atoms with van der Waals surface area (Å²) in [5.41, 5.74) is 1.57. The molecule has 0 bridgehead atoms. The molecule has 150 valence electrons. The zero-order valence-corrected chi connectivity index (χ0v) is 17.0. The number of hydrogen-bond donors (Lipinski definition) is 1. The summed E-state index contributed by atoms with van der Waals surface area (Å²) in [6, 6.07) is 14.3. The summed E-state index contributed by atoms with van der Waals surface area (Å²) in [7, 11) is -3.85. The van der Waals surface area contributed by atoms with Gasteiger partial charge in [-0.15, -0.1) is 0 Å². The van der Waals surface area contributed by atoms with Gasteiger partial charge in [0, 0.05) is 12.6 Å². The van der Waals surface area contributed by atoms with Gasteiger partial charge in [0.25, 0.3) is 0 Å². The highest BCUT2D eigenvalue weighted by Crippen LogP contribution is 2.25. The minimum absolute atomic E-state index is 0.132. The first-order valence-corrected chi connectivity index (χ1v) is 10.9. The number of aryl methyl sites for hydroxylation is 1. The number of rotatable bonds is 9. The Morgan fingerprint density at radius 1 is 1.18 bits per heavy atom. The molecular weight excluding hydrogens is 376 g/mol. The molecule has 3 rings (SSSR count). The van der Waals surface area contributed by atoms with Gasteiger partial charge in [0.1, 0.15) is 5.75 Å². The molecule has 28 heavy (non-hydrogen) atoms. The van der Waals surface area contributed by atoms with E-state index in [1.54, 1.807) is 12.1 Å². The molecule has 2 aromatic carbocycles. The van der Waals surface area contributed by atoms with Crippen molar-refractivity contribution >= 4 is 15.9 Å². The van der Waals surface area contributed by atoms with Crippen LogP contribution >= 0.6 is 0 Å². The van der Waals surface area contributed by atoms with Gasteiger partial charge in [-0.25, -0.2) is 8.42 Å². The van der Waals surface area contributed by atoms with Crippen LogP contribution in [0.3, 0.4) is 0 Å². The maximum atomic E-state index is 13.3. The van der Waals surface area contributed by atoms with Crippen molar-refractivity contribution < 1.29 is 17.9 Å². The molecule has 1 saturated carbocycles. The summed E-state index contributed by atoms with van der Waals surface area (Å²) in [5, 5.41) is 2.87. The summed E-state index contributed by atoms with van der Waals surface area (Å²) in [4.78, 5) is 12.5. The van der Waals surface area contributed by atoms with Crippen molar-refractivity contribution in [2.75, 3.05) is 13.2 Å². The van der Waals surface area contributed by atoms with Crippen LogP contribution in [0.25, 0.3) is 0 Å². The lowest BCUT2D eigenvalue weighted by atomic mass is 10.2. The first kappa shape index (κ1) is 20.4. The normalized spacial score (nSPS) is 14.1. The monoisotopic (exact) mass is 402 g/mol. The minimum Gasteiger partial charge on any atom is -0.494 e. The average Bonchev–Trinajstić information content (AvgIpc) is 3.47. The van der Waals surface area contributed by atoms with E-state index in [1.165, 1.54) is 10.4 Å². The molecule has 0 aromatic heterocycles. The van der Waals surface area contributed by atoms with E-state index >= 15 is 0 Å². The van der Waals surface area contributed by atoms with E-state index in [0.29, 0.717) is 12.4 Å². The maximum absolute atomic E-state index is 13.3. The number of hydrogen-bond acceptors (Lipinski definition) is 4. The quantitative estimate of drug-likeness (QED) is 0.700. The van der Waals surface area contributed by atoms with E-state index in [1.807, 2.05) is 44.2 Å². The molecule has 0 radical (unpaired) electrons. The highest BCUT2D eigenvalue weighted by atomic mass is 32.2.